The lowest BCUT2D eigenvalue weighted by Gasteiger charge is -2.23. The highest BCUT2D eigenvalue weighted by molar-refractivity contribution is 9.10. The van der Waals surface area contributed by atoms with E-state index in [-0.39, 0.29) is 0 Å². The van der Waals surface area contributed by atoms with Crippen LogP contribution in [0.2, 0.25) is 0 Å². The topological polar surface area (TPSA) is 30.5 Å². The average Bonchev–Trinajstić information content (AvgIpc) is 2.45. The van der Waals surface area contributed by atoms with Gasteiger partial charge in [-0.15, -0.1) is 0 Å². The van der Waals surface area contributed by atoms with Crippen LogP contribution in [0.1, 0.15) is 37.7 Å². The van der Waals surface area contributed by atoms with Crippen LogP contribution in [-0.2, 0) is 6.54 Å². The van der Waals surface area contributed by atoms with E-state index in [0.717, 1.165) is 22.5 Å². The van der Waals surface area contributed by atoms with E-state index in [1.54, 1.807) is 14.2 Å². The standard InChI is InChI=1S/C15H22BrNO2/c1-18-14-9-11(8-13(16)15(14)19-2)10-17-12-6-4-3-5-7-12/h8-9,12,17H,3-7,10H2,1-2H3. The van der Waals surface area contributed by atoms with Crippen molar-refractivity contribution < 1.29 is 9.47 Å². The molecule has 0 atom stereocenters. The molecule has 19 heavy (non-hydrogen) atoms. The number of benzene rings is 1. The van der Waals surface area contributed by atoms with Gasteiger partial charge in [0.1, 0.15) is 0 Å². The number of nitrogens with one attached hydrogen (secondary N) is 1. The summed E-state index contributed by atoms with van der Waals surface area (Å²) in [5, 5.41) is 3.64. The highest BCUT2D eigenvalue weighted by Crippen LogP contribution is 2.36. The molecule has 2 rings (SSSR count). The van der Waals surface area contributed by atoms with E-state index in [9.17, 15) is 0 Å². The van der Waals surface area contributed by atoms with Crippen molar-refractivity contribution in [3.05, 3.63) is 22.2 Å². The molecule has 0 spiro atoms. The average molecular weight is 328 g/mol. The van der Waals surface area contributed by atoms with Crippen LogP contribution in [0.3, 0.4) is 0 Å². The van der Waals surface area contributed by atoms with Gasteiger partial charge in [-0.1, -0.05) is 19.3 Å². The summed E-state index contributed by atoms with van der Waals surface area (Å²) in [5.74, 6) is 1.53. The van der Waals surface area contributed by atoms with Crippen LogP contribution in [-0.4, -0.2) is 20.3 Å². The Morgan fingerprint density at radius 3 is 2.53 bits per heavy atom. The first-order valence-electron chi connectivity index (χ1n) is 6.88. The fourth-order valence-corrected chi connectivity index (χ4v) is 3.29. The van der Waals surface area contributed by atoms with E-state index >= 15 is 0 Å². The molecule has 1 aromatic carbocycles. The van der Waals surface area contributed by atoms with Gasteiger partial charge in [0.2, 0.25) is 0 Å². The minimum Gasteiger partial charge on any atom is -0.493 e. The van der Waals surface area contributed by atoms with Crippen LogP contribution >= 0.6 is 15.9 Å². The Balaban J connectivity index is 2.01. The maximum absolute atomic E-state index is 5.37. The molecule has 0 radical (unpaired) electrons. The van der Waals surface area contributed by atoms with Crippen molar-refractivity contribution in [2.45, 2.75) is 44.7 Å². The normalized spacial score (nSPS) is 16.4. The Kier molecular flexibility index (Phi) is 5.52. The Labute approximate surface area is 123 Å². The summed E-state index contributed by atoms with van der Waals surface area (Å²) in [7, 11) is 3.32. The molecule has 0 bridgehead atoms. The van der Waals surface area contributed by atoms with Gasteiger partial charge in [-0.05, 0) is 46.5 Å². The summed E-state index contributed by atoms with van der Waals surface area (Å²) in [5.41, 5.74) is 1.22. The minimum absolute atomic E-state index is 0.667. The molecule has 1 saturated carbocycles. The van der Waals surface area contributed by atoms with Gasteiger partial charge in [-0.2, -0.15) is 0 Å². The molecule has 1 fully saturated rings. The Hall–Kier alpha value is -0.740. The summed E-state index contributed by atoms with van der Waals surface area (Å²) >= 11 is 3.53. The van der Waals surface area contributed by atoms with Crippen molar-refractivity contribution in [1.82, 2.24) is 5.32 Å². The molecule has 0 aromatic heterocycles. The summed E-state index contributed by atoms with van der Waals surface area (Å²) in [6, 6.07) is 4.80. The van der Waals surface area contributed by atoms with Crippen LogP contribution in [0.4, 0.5) is 0 Å². The third kappa shape index (κ3) is 3.86. The van der Waals surface area contributed by atoms with E-state index in [1.165, 1.54) is 37.7 Å². The van der Waals surface area contributed by atoms with Crippen molar-refractivity contribution in [3.63, 3.8) is 0 Å². The fourth-order valence-electron chi connectivity index (χ4n) is 2.64. The highest BCUT2D eigenvalue weighted by Gasteiger charge is 2.14. The first-order valence-corrected chi connectivity index (χ1v) is 7.67. The third-order valence-electron chi connectivity index (χ3n) is 3.69. The quantitative estimate of drug-likeness (QED) is 0.889. The van der Waals surface area contributed by atoms with Gasteiger partial charge in [0.05, 0.1) is 18.7 Å². The molecule has 0 amide bonds. The first kappa shape index (κ1) is 14.7. The lowest BCUT2D eigenvalue weighted by Crippen LogP contribution is -2.30. The van der Waals surface area contributed by atoms with Crippen LogP contribution in [0.25, 0.3) is 0 Å². The maximum Gasteiger partial charge on any atom is 0.174 e. The van der Waals surface area contributed by atoms with E-state index < -0.39 is 0 Å². The van der Waals surface area contributed by atoms with Gasteiger partial charge in [-0.25, -0.2) is 0 Å². The molecule has 4 heteroatoms. The molecule has 3 nitrogen and oxygen atoms in total. The monoisotopic (exact) mass is 327 g/mol. The molecular formula is C15H22BrNO2. The van der Waals surface area contributed by atoms with Gasteiger partial charge in [0.15, 0.2) is 11.5 Å². The lowest BCUT2D eigenvalue weighted by molar-refractivity contribution is 0.351. The van der Waals surface area contributed by atoms with Crippen LogP contribution in [0, 0.1) is 0 Å². The zero-order chi connectivity index (χ0) is 13.7. The molecule has 1 aliphatic carbocycles. The van der Waals surface area contributed by atoms with Crippen molar-refractivity contribution in [2.75, 3.05) is 14.2 Å². The smallest absolute Gasteiger partial charge is 0.174 e. The maximum atomic E-state index is 5.37. The van der Waals surface area contributed by atoms with Crippen molar-refractivity contribution in [1.29, 1.82) is 0 Å². The molecule has 0 aliphatic heterocycles. The van der Waals surface area contributed by atoms with Crippen molar-refractivity contribution >= 4 is 15.9 Å². The number of rotatable bonds is 5. The second-order valence-corrected chi connectivity index (χ2v) is 5.88. The molecule has 1 aliphatic rings. The predicted molar refractivity (Wildman–Crippen MR) is 81.0 cm³/mol. The van der Waals surface area contributed by atoms with Gasteiger partial charge < -0.3 is 14.8 Å². The van der Waals surface area contributed by atoms with Crippen LogP contribution in [0.15, 0.2) is 16.6 Å². The third-order valence-corrected chi connectivity index (χ3v) is 4.28. The number of hydrogen-bond acceptors (Lipinski definition) is 3. The Morgan fingerprint density at radius 2 is 1.89 bits per heavy atom. The summed E-state index contributed by atoms with van der Waals surface area (Å²) < 4.78 is 11.6. The molecule has 0 heterocycles. The van der Waals surface area contributed by atoms with E-state index in [2.05, 4.69) is 27.3 Å². The predicted octanol–water partition coefficient (Wildman–Crippen LogP) is 3.89. The van der Waals surface area contributed by atoms with Crippen LogP contribution < -0.4 is 14.8 Å². The summed E-state index contributed by atoms with van der Waals surface area (Å²) in [6.07, 6.45) is 6.70. The lowest BCUT2D eigenvalue weighted by atomic mass is 9.95. The molecule has 0 unspecified atom stereocenters. The molecule has 0 saturated heterocycles. The largest absolute Gasteiger partial charge is 0.493 e. The SMILES string of the molecule is COc1cc(CNC2CCCCC2)cc(Br)c1OC. The first-order chi connectivity index (χ1) is 9.24. The molecule has 106 valence electrons. The summed E-state index contributed by atoms with van der Waals surface area (Å²) in [6.45, 7) is 0.879. The van der Waals surface area contributed by atoms with Crippen molar-refractivity contribution in [3.8, 4) is 11.5 Å². The van der Waals surface area contributed by atoms with Gasteiger partial charge >= 0.3 is 0 Å². The minimum atomic E-state index is 0.667. The van der Waals surface area contributed by atoms with E-state index in [1.807, 2.05) is 6.07 Å². The zero-order valence-corrected chi connectivity index (χ0v) is 13.3. The van der Waals surface area contributed by atoms with Crippen LogP contribution in [0.5, 0.6) is 11.5 Å². The number of ether oxygens (including phenoxy) is 2. The molecule has 1 N–H and O–H groups in total. The van der Waals surface area contributed by atoms with E-state index in [0.29, 0.717) is 6.04 Å². The summed E-state index contributed by atoms with van der Waals surface area (Å²) in [4.78, 5) is 0. The molecule has 1 aromatic rings. The second-order valence-electron chi connectivity index (χ2n) is 5.03. The fraction of sp³-hybridized carbons (Fsp3) is 0.600. The van der Waals surface area contributed by atoms with Gasteiger partial charge in [-0.3, -0.25) is 0 Å². The Bertz CT molecular complexity index is 417. The van der Waals surface area contributed by atoms with Crippen molar-refractivity contribution in [2.24, 2.45) is 0 Å². The zero-order valence-electron chi connectivity index (χ0n) is 11.7. The number of halogens is 1. The van der Waals surface area contributed by atoms with E-state index in [4.69, 9.17) is 9.47 Å². The highest BCUT2D eigenvalue weighted by atomic mass is 79.9. The van der Waals surface area contributed by atoms with Gasteiger partial charge in [0, 0.05) is 12.6 Å². The number of hydrogen-bond donors (Lipinski definition) is 1. The molecular weight excluding hydrogens is 306 g/mol. The Morgan fingerprint density at radius 1 is 1.16 bits per heavy atom. The second kappa shape index (κ2) is 7.15. The van der Waals surface area contributed by atoms with Gasteiger partial charge in [0.25, 0.3) is 0 Å². The number of methoxy groups -OCH3 is 2.